The summed E-state index contributed by atoms with van der Waals surface area (Å²) >= 11 is 0. The first-order valence-corrected chi connectivity index (χ1v) is 11.9. The summed E-state index contributed by atoms with van der Waals surface area (Å²) < 4.78 is 11.2. The van der Waals surface area contributed by atoms with Crippen molar-refractivity contribution in [2.24, 2.45) is 0 Å². The summed E-state index contributed by atoms with van der Waals surface area (Å²) in [7, 11) is 0. The molecule has 0 radical (unpaired) electrons. The second-order valence-corrected chi connectivity index (χ2v) is 8.60. The van der Waals surface area contributed by atoms with E-state index in [0.29, 0.717) is 40.0 Å². The summed E-state index contributed by atoms with van der Waals surface area (Å²) in [5.74, 6) is -0.120. The number of hydrogen-bond acceptors (Lipinski definition) is 7. The highest BCUT2D eigenvalue weighted by atomic mass is 16.6. The molecule has 0 fully saturated rings. The van der Waals surface area contributed by atoms with Crippen LogP contribution in [0.2, 0.25) is 0 Å². The lowest BCUT2D eigenvalue weighted by Crippen LogP contribution is -2.13. The number of nitrogens with zero attached hydrogens (tertiary/aromatic N) is 1. The van der Waals surface area contributed by atoms with Gasteiger partial charge in [-0.3, -0.25) is 14.9 Å². The van der Waals surface area contributed by atoms with Crippen molar-refractivity contribution in [2.45, 2.75) is 52.1 Å². The molecule has 0 aliphatic heterocycles. The largest absolute Gasteiger partial charge is 0.484 e. The van der Waals surface area contributed by atoms with E-state index in [0.717, 1.165) is 32.1 Å². The SMILES string of the molecule is CCCCCCC(C)Oc1cc(N)c(-c2ccc(C(=O)Oc3ccc(C=O)cc3)cc2)cc1[N+](=O)[O-]. The molecular weight excluding hydrogens is 460 g/mol. The van der Waals surface area contributed by atoms with E-state index in [1.54, 1.807) is 36.4 Å². The normalized spacial score (nSPS) is 11.5. The number of esters is 1. The molecule has 0 saturated carbocycles. The van der Waals surface area contributed by atoms with Crippen molar-refractivity contribution in [1.82, 2.24) is 0 Å². The van der Waals surface area contributed by atoms with Crippen LogP contribution in [0.5, 0.6) is 11.5 Å². The summed E-state index contributed by atoms with van der Waals surface area (Å²) in [6.45, 7) is 4.04. The molecule has 0 aliphatic carbocycles. The highest BCUT2D eigenvalue weighted by molar-refractivity contribution is 5.92. The molecule has 0 heterocycles. The quantitative estimate of drug-likeness (QED) is 0.0576. The number of carbonyl (C=O) groups excluding carboxylic acids is 2. The number of ether oxygens (including phenoxy) is 2. The first kappa shape index (κ1) is 26.4. The van der Waals surface area contributed by atoms with Gasteiger partial charge in [-0.1, -0.05) is 38.3 Å². The Balaban J connectivity index is 1.75. The Morgan fingerprint density at radius 3 is 2.36 bits per heavy atom. The molecule has 0 aromatic heterocycles. The van der Waals surface area contributed by atoms with E-state index in [9.17, 15) is 19.7 Å². The minimum absolute atomic E-state index is 0.144. The van der Waals surface area contributed by atoms with Gasteiger partial charge in [-0.15, -0.1) is 0 Å². The van der Waals surface area contributed by atoms with Crippen molar-refractivity contribution >= 4 is 23.6 Å². The maximum atomic E-state index is 12.5. The predicted molar refractivity (Wildman–Crippen MR) is 139 cm³/mol. The summed E-state index contributed by atoms with van der Waals surface area (Å²) in [6.07, 6.45) is 5.71. The van der Waals surface area contributed by atoms with E-state index in [-0.39, 0.29) is 17.5 Å². The van der Waals surface area contributed by atoms with Crippen LogP contribution in [-0.2, 0) is 0 Å². The number of aldehydes is 1. The number of unbranched alkanes of at least 4 members (excludes halogenated alkanes) is 3. The molecule has 3 aromatic carbocycles. The molecule has 188 valence electrons. The van der Waals surface area contributed by atoms with Crippen LogP contribution in [0.1, 0.15) is 66.7 Å². The highest BCUT2D eigenvalue weighted by Gasteiger charge is 2.21. The van der Waals surface area contributed by atoms with Crippen molar-refractivity contribution in [3.05, 3.63) is 81.9 Å². The summed E-state index contributed by atoms with van der Waals surface area (Å²) in [6, 6.07) is 15.5. The third-order valence-electron chi connectivity index (χ3n) is 5.78. The van der Waals surface area contributed by atoms with Crippen molar-refractivity contribution in [2.75, 3.05) is 5.73 Å². The van der Waals surface area contributed by atoms with E-state index in [2.05, 4.69) is 6.92 Å². The van der Waals surface area contributed by atoms with Crippen molar-refractivity contribution in [1.29, 1.82) is 0 Å². The standard InChI is InChI=1S/C28H30N2O6/c1-3-4-5-6-7-19(2)35-27-17-25(29)24(16-26(27)30(33)34)21-10-12-22(13-11-21)28(32)36-23-14-8-20(18-31)9-15-23/h8-19H,3-7,29H2,1-2H3. The zero-order valence-electron chi connectivity index (χ0n) is 20.4. The molecule has 36 heavy (non-hydrogen) atoms. The molecule has 1 unspecified atom stereocenters. The Morgan fingerprint density at radius 2 is 1.75 bits per heavy atom. The van der Waals surface area contributed by atoms with Gasteiger partial charge in [0.2, 0.25) is 0 Å². The Hall–Kier alpha value is -4.20. The third kappa shape index (κ3) is 6.91. The van der Waals surface area contributed by atoms with Crippen molar-refractivity contribution < 1.29 is 24.0 Å². The average Bonchev–Trinajstić information content (AvgIpc) is 2.87. The lowest BCUT2D eigenvalue weighted by Gasteiger charge is -2.16. The number of nitrogens with two attached hydrogens (primary N) is 1. The van der Waals surface area contributed by atoms with Gasteiger partial charge in [0.05, 0.1) is 16.6 Å². The second kappa shape index (κ2) is 12.5. The molecule has 0 amide bonds. The number of benzene rings is 3. The van der Waals surface area contributed by atoms with Crippen LogP contribution in [0.15, 0.2) is 60.7 Å². The van der Waals surface area contributed by atoms with Gasteiger partial charge >= 0.3 is 11.7 Å². The van der Waals surface area contributed by atoms with Crippen molar-refractivity contribution in [3.8, 4) is 22.6 Å². The Bertz CT molecular complexity index is 1210. The van der Waals surface area contributed by atoms with Crippen LogP contribution in [0.4, 0.5) is 11.4 Å². The van der Waals surface area contributed by atoms with E-state index in [4.69, 9.17) is 15.2 Å². The maximum Gasteiger partial charge on any atom is 0.343 e. The number of nitro benzene ring substituents is 1. The van der Waals surface area contributed by atoms with Gasteiger partial charge in [0.1, 0.15) is 12.0 Å². The number of anilines is 1. The molecule has 1 atom stereocenters. The minimum atomic E-state index is -0.573. The fraction of sp³-hybridized carbons (Fsp3) is 0.286. The molecule has 3 rings (SSSR count). The van der Waals surface area contributed by atoms with Gasteiger partial charge in [0.15, 0.2) is 5.75 Å². The Morgan fingerprint density at radius 1 is 1.06 bits per heavy atom. The van der Waals surface area contributed by atoms with E-state index < -0.39 is 10.9 Å². The molecule has 2 N–H and O–H groups in total. The Labute approximate surface area is 210 Å². The summed E-state index contributed by atoms with van der Waals surface area (Å²) in [5, 5.41) is 11.8. The Kier molecular flexibility index (Phi) is 9.16. The molecule has 8 heteroatoms. The van der Waals surface area contributed by atoms with Crippen LogP contribution in [-0.4, -0.2) is 23.3 Å². The van der Waals surface area contributed by atoms with Crippen LogP contribution < -0.4 is 15.2 Å². The van der Waals surface area contributed by atoms with Gasteiger partial charge in [-0.25, -0.2) is 4.79 Å². The number of nitro groups is 1. The second-order valence-electron chi connectivity index (χ2n) is 8.60. The van der Waals surface area contributed by atoms with E-state index >= 15 is 0 Å². The molecule has 8 nitrogen and oxygen atoms in total. The van der Waals surface area contributed by atoms with E-state index in [1.165, 1.54) is 24.3 Å². The van der Waals surface area contributed by atoms with Crippen LogP contribution in [0.25, 0.3) is 11.1 Å². The van der Waals surface area contributed by atoms with Gasteiger partial charge in [0.25, 0.3) is 0 Å². The summed E-state index contributed by atoms with van der Waals surface area (Å²) in [4.78, 5) is 34.5. The first-order valence-electron chi connectivity index (χ1n) is 11.9. The zero-order valence-corrected chi connectivity index (χ0v) is 20.4. The topological polar surface area (TPSA) is 122 Å². The fourth-order valence-electron chi connectivity index (χ4n) is 3.77. The molecular formula is C28H30N2O6. The molecule has 0 bridgehead atoms. The lowest BCUT2D eigenvalue weighted by molar-refractivity contribution is -0.386. The minimum Gasteiger partial charge on any atom is -0.484 e. The van der Waals surface area contributed by atoms with Gasteiger partial charge in [-0.05, 0) is 61.7 Å². The zero-order chi connectivity index (χ0) is 26.1. The first-order chi connectivity index (χ1) is 17.3. The number of nitrogen functional groups attached to an aromatic ring is 1. The fourth-order valence-corrected chi connectivity index (χ4v) is 3.77. The third-order valence-corrected chi connectivity index (χ3v) is 5.78. The number of carbonyl (C=O) groups is 2. The molecule has 3 aromatic rings. The van der Waals surface area contributed by atoms with Crippen molar-refractivity contribution in [3.63, 3.8) is 0 Å². The van der Waals surface area contributed by atoms with Crippen LogP contribution in [0, 0.1) is 10.1 Å². The van der Waals surface area contributed by atoms with E-state index in [1.807, 2.05) is 6.92 Å². The monoisotopic (exact) mass is 490 g/mol. The molecule has 0 saturated heterocycles. The number of hydrogen-bond donors (Lipinski definition) is 1. The number of rotatable bonds is 12. The predicted octanol–water partition coefficient (Wildman–Crippen LogP) is 6.61. The highest BCUT2D eigenvalue weighted by Crippen LogP contribution is 2.38. The molecule has 0 spiro atoms. The lowest BCUT2D eigenvalue weighted by atomic mass is 10.0. The smallest absolute Gasteiger partial charge is 0.343 e. The van der Waals surface area contributed by atoms with Crippen LogP contribution >= 0.6 is 0 Å². The van der Waals surface area contributed by atoms with Gasteiger partial charge < -0.3 is 15.2 Å². The average molecular weight is 491 g/mol. The maximum absolute atomic E-state index is 12.5. The van der Waals surface area contributed by atoms with Crippen LogP contribution in [0.3, 0.4) is 0 Å². The van der Waals surface area contributed by atoms with Gasteiger partial charge in [-0.2, -0.15) is 0 Å². The molecule has 0 aliphatic rings. The van der Waals surface area contributed by atoms with Gasteiger partial charge in [0, 0.05) is 28.9 Å². The summed E-state index contributed by atoms with van der Waals surface area (Å²) in [5.41, 5.74) is 8.26.